The third-order valence-corrected chi connectivity index (χ3v) is 4.98. The average molecular weight is 352 g/mol. The lowest BCUT2D eigenvalue weighted by molar-refractivity contribution is 0.0961. The fourth-order valence-electron chi connectivity index (χ4n) is 3.77. The van der Waals surface area contributed by atoms with Crippen LogP contribution in [-0.2, 0) is 6.42 Å². The number of fused-ring (bicyclic) bond motifs is 2. The second-order valence-electron chi connectivity index (χ2n) is 7.52. The van der Waals surface area contributed by atoms with E-state index in [-0.39, 0.29) is 40.9 Å². The van der Waals surface area contributed by atoms with Gasteiger partial charge in [-0.1, -0.05) is 6.08 Å². The Labute approximate surface area is 151 Å². The Bertz CT molecular complexity index is 955. The van der Waals surface area contributed by atoms with Crippen LogP contribution in [0, 0.1) is 0 Å². The monoisotopic (exact) mass is 352 g/mol. The number of carbonyl (C=O) groups excluding carboxylic acids is 1. The van der Waals surface area contributed by atoms with Crippen molar-refractivity contribution in [1.29, 1.82) is 0 Å². The molecule has 0 spiro atoms. The first-order chi connectivity index (χ1) is 12.2. The first-order valence-corrected chi connectivity index (χ1v) is 8.57. The highest BCUT2D eigenvalue weighted by Gasteiger charge is 2.31. The molecule has 4 rings (SSSR count). The molecule has 2 aromatic carbocycles. The van der Waals surface area contributed by atoms with Gasteiger partial charge in [0.1, 0.15) is 17.1 Å². The van der Waals surface area contributed by atoms with Gasteiger partial charge in [0.2, 0.25) is 0 Å². The molecule has 5 nitrogen and oxygen atoms in total. The predicted molar refractivity (Wildman–Crippen MR) is 97.0 cm³/mol. The van der Waals surface area contributed by atoms with Crippen LogP contribution in [0.25, 0.3) is 6.08 Å². The number of hydrogen-bond acceptors (Lipinski definition) is 5. The number of phenols is 3. The Balaban J connectivity index is 1.74. The number of benzene rings is 2. The summed E-state index contributed by atoms with van der Waals surface area (Å²) in [6.07, 6.45) is 4.57. The first-order valence-electron chi connectivity index (χ1n) is 8.57. The Morgan fingerprint density at radius 3 is 2.58 bits per heavy atom. The number of phenolic OH excluding ortho intramolecular Hbond substituents is 3. The molecule has 1 aliphatic heterocycles. The molecule has 0 radical (unpaired) electrons. The second-order valence-corrected chi connectivity index (χ2v) is 7.52. The van der Waals surface area contributed by atoms with E-state index < -0.39 is 5.60 Å². The van der Waals surface area contributed by atoms with Crippen molar-refractivity contribution in [2.75, 3.05) is 0 Å². The molecule has 2 aliphatic rings. The number of ketones is 1. The molecule has 0 aromatic heterocycles. The smallest absolute Gasteiger partial charge is 0.169 e. The van der Waals surface area contributed by atoms with E-state index >= 15 is 0 Å². The summed E-state index contributed by atoms with van der Waals surface area (Å²) in [5.74, 6) is -0.0718. The highest BCUT2D eigenvalue weighted by Crippen LogP contribution is 2.44. The van der Waals surface area contributed by atoms with E-state index in [4.69, 9.17) is 4.74 Å². The summed E-state index contributed by atoms with van der Waals surface area (Å²) < 4.78 is 5.83. The molecular formula is C21H20O5. The maximum Gasteiger partial charge on any atom is 0.169 e. The van der Waals surface area contributed by atoms with E-state index in [9.17, 15) is 20.1 Å². The van der Waals surface area contributed by atoms with E-state index in [1.807, 2.05) is 32.1 Å². The maximum atomic E-state index is 12.5. The molecule has 5 heteroatoms. The molecule has 2 aromatic rings. The summed E-state index contributed by atoms with van der Waals surface area (Å²) >= 11 is 0. The predicted octanol–water partition coefficient (Wildman–Crippen LogP) is 3.90. The van der Waals surface area contributed by atoms with Gasteiger partial charge in [-0.2, -0.15) is 0 Å². The highest BCUT2D eigenvalue weighted by molar-refractivity contribution is 6.01. The van der Waals surface area contributed by atoms with Crippen LogP contribution in [0.1, 0.15) is 53.2 Å². The van der Waals surface area contributed by atoms with Crippen LogP contribution in [0.15, 0.2) is 30.3 Å². The minimum Gasteiger partial charge on any atom is -0.508 e. The van der Waals surface area contributed by atoms with Crippen LogP contribution in [0.4, 0.5) is 0 Å². The number of aromatic hydroxyl groups is 3. The minimum atomic E-state index is -0.485. The number of hydrogen-bond donors (Lipinski definition) is 3. The summed E-state index contributed by atoms with van der Waals surface area (Å²) in [5.41, 5.74) is 2.02. The second kappa shape index (κ2) is 5.53. The minimum absolute atomic E-state index is 0.0481. The fourth-order valence-corrected chi connectivity index (χ4v) is 3.77. The molecule has 134 valence electrons. The number of Topliss-reactive ketones (excluding diaryl/α,β-unsaturated/α-hetero) is 1. The average Bonchev–Trinajstić information content (AvgIpc) is 2.53. The van der Waals surface area contributed by atoms with Gasteiger partial charge in [0.05, 0.1) is 5.56 Å². The molecule has 0 saturated carbocycles. The van der Waals surface area contributed by atoms with Gasteiger partial charge in [-0.3, -0.25) is 4.79 Å². The summed E-state index contributed by atoms with van der Waals surface area (Å²) in [5, 5.41) is 30.1. The van der Waals surface area contributed by atoms with Crippen molar-refractivity contribution in [3.8, 4) is 23.0 Å². The third-order valence-electron chi connectivity index (χ3n) is 4.98. The van der Waals surface area contributed by atoms with Gasteiger partial charge in [-0.15, -0.1) is 0 Å². The van der Waals surface area contributed by atoms with Crippen molar-refractivity contribution in [2.45, 2.75) is 38.2 Å². The maximum absolute atomic E-state index is 12.5. The Hall–Kier alpha value is -2.95. The van der Waals surface area contributed by atoms with Crippen molar-refractivity contribution in [3.05, 3.63) is 52.6 Å². The van der Waals surface area contributed by atoms with Crippen molar-refractivity contribution < 1.29 is 24.9 Å². The van der Waals surface area contributed by atoms with E-state index in [2.05, 4.69) is 0 Å². The van der Waals surface area contributed by atoms with Gasteiger partial charge in [-0.05, 0) is 61.6 Å². The largest absolute Gasteiger partial charge is 0.508 e. The molecule has 0 saturated heterocycles. The molecule has 0 fully saturated rings. The zero-order valence-corrected chi connectivity index (χ0v) is 14.6. The lowest BCUT2D eigenvalue weighted by atomic mass is 9.78. The van der Waals surface area contributed by atoms with Crippen LogP contribution in [0.3, 0.4) is 0 Å². The van der Waals surface area contributed by atoms with Crippen LogP contribution in [0.2, 0.25) is 0 Å². The van der Waals surface area contributed by atoms with Gasteiger partial charge in [0, 0.05) is 18.1 Å². The lowest BCUT2D eigenvalue weighted by Gasteiger charge is -2.30. The van der Waals surface area contributed by atoms with E-state index in [0.29, 0.717) is 17.7 Å². The standard InChI is InChI=1S/C21H20O5/c1-21(2)4-3-11-5-12(9-18(25)20(11)26-21)13-6-14-7-15(22)10-17(24)19(14)16(23)8-13/h3-5,7,9-10,13,22,24-25H,6,8H2,1-2H3/t13-/m1/s1. The van der Waals surface area contributed by atoms with Gasteiger partial charge < -0.3 is 20.1 Å². The molecular weight excluding hydrogens is 332 g/mol. The zero-order valence-electron chi connectivity index (χ0n) is 14.6. The van der Waals surface area contributed by atoms with Crippen LogP contribution >= 0.6 is 0 Å². The molecule has 0 amide bonds. The lowest BCUT2D eigenvalue weighted by Crippen LogP contribution is -2.27. The summed E-state index contributed by atoms with van der Waals surface area (Å²) in [7, 11) is 0. The topological polar surface area (TPSA) is 87.0 Å². The number of carbonyl (C=O) groups is 1. The van der Waals surface area contributed by atoms with Gasteiger partial charge in [0.15, 0.2) is 17.3 Å². The molecule has 1 heterocycles. The fraction of sp³-hybridized carbons (Fsp3) is 0.286. The van der Waals surface area contributed by atoms with E-state index in [1.165, 1.54) is 12.1 Å². The van der Waals surface area contributed by atoms with Gasteiger partial charge in [0.25, 0.3) is 0 Å². The molecule has 1 atom stereocenters. The zero-order chi connectivity index (χ0) is 18.6. The SMILES string of the molecule is CC1(C)C=Cc2cc([C@H]3CC(=O)c4c(O)cc(O)cc4C3)cc(O)c2O1. The van der Waals surface area contributed by atoms with E-state index in [0.717, 1.165) is 11.1 Å². The van der Waals surface area contributed by atoms with Gasteiger partial charge in [-0.25, -0.2) is 0 Å². The van der Waals surface area contributed by atoms with E-state index in [1.54, 1.807) is 6.07 Å². The molecule has 1 aliphatic carbocycles. The van der Waals surface area contributed by atoms with Gasteiger partial charge >= 0.3 is 0 Å². The quantitative estimate of drug-likeness (QED) is 0.724. The normalized spacial score (nSPS) is 20.2. The summed E-state index contributed by atoms with van der Waals surface area (Å²) in [6, 6.07) is 6.26. The first kappa shape index (κ1) is 16.5. The molecule has 26 heavy (non-hydrogen) atoms. The van der Waals surface area contributed by atoms with Crippen LogP contribution in [0.5, 0.6) is 23.0 Å². The Kier molecular flexibility index (Phi) is 3.51. The Morgan fingerprint density at radius 1 is 1.04 bits per heavy atom. The highest BCUT2D eigenvalue weighted by atomic mass is 16.5. The summed E-state index contributed by atoms with van der Waals surface area (Å²) in [4.78, 5) is 12.5. The third kappa shape index (κ3) is 2.69. The Morgan fingerprint density at radius 2 is 1.81 bits per heavy atom. The number of ether oxygens (including phenoxy) is 1. The summed E-state index contributed by atoms with van der Waals surface area (Å²) in [6.45, 7) is 3.82. The molecule has 3 N–H and O–H groups in total. The van der Waals surface area contributed by atoms with Crippen molar-refractivity contribution in [3.63, 3.8) is 0 Å². The van der Waals surface area contributed by atoms with Crippen LogP contribution in [-0.4, -0.2) is 26.7 Å². The van der Waals surface area contributed by atoms with Crippen molar-refractivity contribution in [1.82, 2.24) is 0 Å². The molecule has 0 bridgehead atoms. The van der Waals surface area contributed by atoms with Crippen molar-refractivity contribution in [2.24, 2.45) is 0 Å². The number of rotatable bonds is 1. The van der Waals surface area contributed by atoms with Crippen LogP contribution < -0.4 is 4.74 Å². The van der Waals surface area contributed by atoms with Crippen molar-refractivity contribution >= 4 is 11.9 Å². The molecule has 0 unspecified atom stereocenters.